The molecule has 98 valence electrons. The molecule has 0 fully saturated rings. The predicted octanol–water partition coefficient (Wildman–Crippen LogP) is 1.64. The fraction of sp³-hybridized carbons (Fsp3) is 0.231. The van der Waals surface area contributed by atoms with Crippen LogP contribution in [0.15, 0.2) is 36.9 Å². The molecule has 2 heterocycles. The van der Waals surface area contributed by atoms with E-state index in [0.717, 1.165) is 11.5 Å². The maximum Gasteiger partial charge on any atom is 0.148 e. The number of rotatable bonds is 5. The van der Waals surface area contributed by atoms with Crippen LogP contribution in [0.2, 0.25) is 0 Å². The van der Waals surface area contributed by atoms with Crippen LogP contribution in [0.5, 0.6) is 0 Å². The van der Waals surface area contributed by atoms with Gasteiger partial charge in [-0.05, 0) is 19.1 Å². The van der Waals surface area contributed by atoms with Crippen molar-refractivity contribution in [3.8, 4) is 0 Å². The van der Waals surface area contributed by atoms with Gasteiger partial charge in [-0.1, -0.05) is 0 Å². The monoisotopic (exact) mass is 257 g/mol. The van der Waals surface area contributed by atoms with Crippen LogP contribution in [0.25, 0.3) is 0 Å². The van der Waals surface area contributed by atoms with Gasteiger partial charge in [-0.15, -0.1) is 0 Å². The molecule has 19 heavy (non-hydrogen) atoms. The fourth-order valence-corrected chi connectivity index (χ4v) is 1.54. The number of hydrogen-bond donors (Lipinski definition) is 1. The molecule has 1 N–H and O–H groups in total. The molecule has 6 heteroatoms. The number of Topliss-reactive ketones (excluding diaryl/α,β-unsaturated/α-hetero) is 1. The Morgan fingerprint density at radius 3 is 2.74 bits per heavy atom. The molecule has 0 aliphatic carbocycles. The van der Waals surface area contributed by atoms with E-state index in [1.807, 2.05) is 24.1 Å². The van der Waals surface area contributed by atoms with Crippen LogP contribution in [-0.2, 0) is 4.79 Å². The number of ketones is 1. The maximum atomic E-state index is 10.9. The first kappa shape index (κ1) is 12.9. The third-order valence-corrected chi connectivity index (χ3v) is 2.56. The second-order valence-corrected chi connectivity index (χ2v) is 4.08. The Morgan fingerprint density at radius 2 is 2.05 bits per heavy atom. The minimum atomic E-state index is 0.0580. The highest BCUT2D eigenvalue weighted by molar-refractivity contribution is 5.80. The Morgan fingerprint density at radius 1 is 1.32 bits per heavy atom. The Bertz CT molecular complexity index is 558. The molecular weight excluding hydrogens is 242 g/mol. The second-order valence-electron chi connectivity index (χ2n) is 4.08. The number of pyridine rings is 1. The van der Waals surface area contributed by atoms with Crippen molar-refractivity contribution in [3.05, 3.63) is 36.9 Å². The SMILES string of the molecule is CC(=O)CNc1cc(N(C)c2ccncc2)ncn1. The fourth-order valence-electron chi connectivity index (χ4n) is 1.54. The number of nitrogens with one attached hydrogen (secondary N) is 1. The summed E-state index contributed by atoms with van der Waals surface area (Å²) in [4.78, 5) is 25.1. The van der Waals surface area contributed by atoms with Crippen LogP contribution in [0.3, 0.4) is 0 Å². The van der Waals surface area contributed by atoms with E-state index in [-0.39, 0.29) is 12.3 Å². The second kappa shape index (κ2) is 5.90. The highest BCUT2D eigenvalue weighted by Gasteiger charge is 2.06. The standard InChI is InChI=1S/C13H15N5O/c1-10(19)8-15-12-7-13(17-9-16-12)18(2)11-3-5-14-6-4-11/h3-7,9H,8H2,1-2H3,(H,15,16,17). The number of carbonyl (C=O) groups is 1. The van der Waals surface area contributed by atoms with E-state index in [9.17, 15) is 4.79 Å². The average Bonchev–Trinajstić information content (AvgIpc) is 2.45. The molecule has 0 aromatic carbocycles. The van der Waals surface area contributed by atoms with E-state index >= 15 is 0 Å². The van der Waals surface area contributed by atoms with Crippen molar-refractivity contribution >= 4 is 23.1 Å². The predicted molar refractivity (Wildman–Crippen MR) is 73.5 cm³/mol. The van der Waals surface area contributed by atoms with Gasteiger partial charge in [0.05, 0.1) is 6.54 Å². The van der Waals surface area contributed by atoms with Gasteiger partial charge in [0.2, 0.25) is 0 Å². The van der Waals surface area contributed by atoms with Crippen LogP contribution >= 0.6 is 0 Å². The summed E-state index contributed by atoms with van der Waals surface area (Å²) in [5.41, 5.74) is 0.978. The van der Waals surface area contributed by atoms with E-state index in [2.05, 4.69) is 20.3 Å². The number of carbonyl (C=O) groups excluding carboxylic acids is 1. The lowest BCUT2D eigenvalue weighted by Gasteiger charge is -2.18. The maximum absolute atomic E-state index is 10.9. The van der Waals surface area contributed by atoms with E-state index in [1.54, 1.807) is 18.5 Å². The van der Waals surface area contributed by atoms with Crippen molar-refractivity contribution in [1.82, 2.24) is 15.0 Å². The minimum absolute atomic E-state index is 0.0580. The van der Waals surface area contributed by atoms with Gasteiger partial charge in [-0.25, -0.2) is 9.97 Å². The van der Waals surface area contributed by atoms with Crippen LogP contribution in [0.1, 0.15) is 6.92 Å². The third kappa shape index (κ3) is 3.48. The van der Waals surface area contributed by atoms with Gasteiger partial charge >= 0.3 is 0 Å². The van der Waals surface area contributed by atoms with Crippen LogP contribution < -0.4 is 10.2 Å². The van der Waals surface area contributed by atoms with Gasteiger partial charge in [0, 0.05) is 31.2 Å². The zero-order chi connectivity index (χ0) is 13.7. The van der Waals surface area contributed by atoms with Gasteiger partial charge < -0.3 is 10.2 Å². The molecular formula is C13H15N5O. The normalized spacial score (nSPS) is 10.0. The third-order valence-electron chi connectivity index (χ3n) is 2.56. The van der Waals surface area contributed by atoms with Crippen molar-refractivity contribution in [2.24, 2.45) is 0 Å². The van der Waals surface area contributed by atoms with E-state index in [1.165, 1.54) is 13.3 Å². The van der Waals surface area contributed by atoms with Crippen molar-refractivity contribution in [2.45, 2.75) is 6.92 Å². The zero-order valence-electron chi connectivity index (χ0n) is 10.9. The molecule has 0 radical (unpaired) electrons. The first-order chi connectivity index (χ1) is 9.16. The molecule has 0 saturated carbocycles. The summed E-state index contributed by atoms with van der Waals surface area (Å²) < 4.78 is 0. The topological polar surface area (TPSA) is 71.0 Å². The number of hydrogen-bond acceptors (Lipinski definition) is 6. The number of nitrogens with zero attached hydrogens (tertiary/aromatic N) is 4. The lowest BCUT2D eigenvalue weighted by molar-refractivity contribution is -0.115. The van der Waals surface area contributed by atoms with E-state index < -0.39 is 0 Å². The smallest absolute Gasteiger partial charge is 0.148 e. The number of aromatic nitrogens is 3. The summed E-state index contributed by atoms with van der Waals surface area (Å²) in [6.07, 6.45) is 4.92. The highest BCUT2D eigenvalue weighted by Crippen LogP contribution is 2.21. The lowest BCUT2D eigenvalue weighted by Crippen LogP contribution is -2.14. The molecule has 0 atom stereocenters. The summed E-state index contributed by atoms with van der Waals surface area (Å²) in [5.74, 6) is 1.43. The van der Waals surface area contributed by atoms with Gasteiger partial charge in [0.15, 0.2) is 0 Å². The van der Waals surface area contributed by atoms with E-state index in [0.29, 0.717) is 5.82 Å². The minimum Gasteiger partial charge on any atom is -0.363 e. The molecule has 0 bridgehead atoms. The molecule has 0 aliphatic heterocycles. The van der Waals surface area contributed by atoms with Crippen molar-refractivity contribution in [1.29, 1.82) is 0 Å². The van der Waals surface area contributed by atoms with Crippen molar-refractivity contribution in [2.75, 3.05) is 23.8 Å². The molecule has 0 unspecified atom stereocenters. The largest absolute Gasteiger partial charge is 0.363 e. The summed E-state index contributed by atoms with van der Waals surface area (Å²) in [6.45, 7) is 1.79. The Balaban J connectivity index is 2.16. The van der Waals surface area contributed by atoms with Crippen molar-refractivity contribution in [3.63, 3.8) is 0 Å². The Kier molecular flexibility index (Phi) is 4.02. The van der Waals surface area contributed by atoms with E-state index in [4.69, 9.17) is 0 Å². The van der Waals surface area contributed by atoms with Gasteiger partial charge in [-0.3, -0.25) is 9.78 Å². The van der Waals surface area contributed by atoms with Crippen LogP contribution in [0, 0.1) is 0 Å². The summed E-state index contributed by atoms with van der Waals surface area (Å²) in [6, 6.07) is 5.58. The quantitative estimate of drug-likeness (QED) is 0.878. The molecule has 0 spiro atoms. The van der Waals surface area contributed by atoms with Crippen LogP contribution in [0.4, 0.5) is 17.3 Å². The molecule has 2 rings (SSSR count). The van der Waals surface area contributed by atoms with Crippen molar-refractivity contribution < 1.29 is 4.79 Å². The van der Waals surface area contributed by atoms with Crippen LogP contribution in [-0.4, -0.2) is 34.3 Å². The molecule has 0 aliphatic rings. The number of anilines is 3. The molecule has 2 aromatic rings. The summed E-state index contributed by atoms with van der Waals surface area (Å²) >= 11 is 0. The highest BCUT2D eigenvalue weighted by atomic mass is 16.1. The molecule has 2 aromatic heterocycles. The molecule has 6 nitrogen and oxygen atoms in total. The lowest BCUT2D eigenvalue weighted by atomic mass is 10.3. The average molecular weight is 257 g/mol. The van der Waals surface area contributed by atoms with Gasteiger partial charge in [-0.2, -0.15) is 0 Å². The molecule has 0 amide bonds. The Hall–Kier alpha value is -2.50. The van der Waals surface area contributed by atoms with Gasteiger partial charge in [0.25, 0.3) is 0 Å². The Labute approximate surface area is 111 Å². The van der Waals surface area contributed by atoms with Gasteiger partial charge in [0.1, 0.15) is 23.7 Å². The zero-order valence-corrected chi connectivity index (χ0v) is 10.9. The first-order valence-corrected chi connectivity index (χ1v) is 5.86. The first-order valence-electron chi connectivity index (χ1n) is 5.86. The molecule has 0 saturated heterocycles. The summed E-state index contributed by atoms with van der Waals surface area (Å²) in [5, 5.41) is 2.95. The summed E-state index contributed by atoms with van der Waals surface area (Å²) in [7, 11) is 1.91.